The lowest BCUT2D eigenvalue weighted by Gasteiger charge is -2.08. The lowest BCUT2D eigenvalue weighted by Crippen LogP contribution is -1.93. The topological polar surface area (TPSA) is 72.9 Å². The van der Waals surface area contributed by atoms with Gasteiger partial charge in [-0.2, -0.15) is 5.10 Å². The zero-order chi connectivity index (χ0) is 18.1. The minimum Gasteiger partial charge on any atom is -0.497 e. The first-order chi connectivity index (χ1) is 12.7. The molecule has 4 aromatic rings. The molecule has 0 aliphatic heterocycles. The van der Waals surface area contributed by atoms with Crippen LogP contribution in [0.15, 0.2) is 48.7 Å². The molecule has 0 aliphatic carbocycles. The van der Waals surface area contributed by atoms with Crippen LogP contribution in [-0.4, -0.2) is 34.4 Å². The number of fused-ring (bicyclic) bond motifs is 1. The van der Waals surface area contributed by atoms with Gasteiger partial charge in [-0.15, -0.1) is 0 Å². The fraction of sp³-hybridized carbons (Fsp3) is 0.150. The molecule has 0 saturated heterocycles. The number of aromatic amines is 1. The van der Waals surface area contributed by atoms with Crippen molar-refractivity contribution >= 4 is 11.2 Å². The summed E-state index contributed by atoms with van der Waals surface area (Å²) in [5.41, 5.74) is 5.85. The van der Waals surface area contributed by atoms with E-state index in [0.717, 1.165) is 45.1 Å². The molecule has 6 heteroatoms. The maximum absolute atomic E-state index is 5.45. The Morgan fingerprint density at radius 3 is 2.58 bits per heavy atom. The molecule has 2 aromatic carbocycles. The van der Waals surface area contributed by atoms with Crippen LogP contribution in [0.25, 0.3) is 33.7 Å². The average molecular weight is 346 g/mol. The van der Waals surface area contributed by atoms with Crippen LogP contribution in [-0.2, 0) is 0 Å². The summed E-state index contributed by atoms with van der Waals surface area (Å²) in [4.78, 5) is 9.26. The Hall–Kier alpha value is -3.41. The number of nitrogens with zero attached hydrogens (tertiary/aromatic N) is 3. The van der Waals surface area contributed by atoms with Crippen LogP contribution in [0.2, 0.25) is 0 Å². The largest absolute Gasteiger partial charge is 0.497 e. The van der Waals surface area contributed by atoms with Crippen molar-refractivity contribution in [3.63, 3.8) is 0 Å². The third-order valence-corrected chi connectivity index (χ3v) is 4.35. The molecule has 4 rings (SSSR count). The SMILES string of the molecule is COc1ccc(-c2[nH]nc3ncc(-c4ccccc4OC)nc23)c(C)c1. The second-order valence-electron chi connectivity index (χ2n) is 5.91. The maximum atomic E-state index is 5.45. The van der Waals surface area contributed by atoms with Gasteiger partial charge in [-0.1, -0.05) is 12.1 Å². The van der Waals surface area contributed by atoms with E-state index in [0.29, 0.717) is 5.65 Å². The molecule has 2 heterocycles. The van der Waals surface area contributed by atoms with E-state index in [1.807, 2.05) is 49.4 Å². The van der Waals surface area contributed by atoms with Gasteiger partial charge < -0.3 is 9.47 Å². The van der Waals surface area contributed by atoms with E-state index in [1.165, 1.54) is 0 Å². The van der Waals surface area contributed by atoms with E-state index >= 15 is 0 Å². The van der Waals surface area contributed by atoms with Crippen LogP contribution in [0.4, 0.5) is 0 Å². The number of aromatic nitrogens is 4. The smallest absolute Gasteiger partial charge is 0.200 e. The number of H-pyrrole nitrogens is 1. The average Bonchev–Trinajstić information content (AvgIpc) is 3.10. The van der Waals surface area contributed by atoms with Gasteiger partial charge >= 0.3 is 0 Å². The molecule has 0 fully saturated rings. The standard InChI is InChI=1S/C20H18N4O2/c1-12-10-13(25-2)8-9-14(12)18-19-20(24-23-18)21-11-16(22-19)15-6-4-5-7-17(15)26-3/h4-11H,1-3H3,(H,21,23,24). The highest BCUT2D eigenvalue weighted by atomic mass is 16.5. The van der Waals surface area contributed by atoms with Gasteiger partial charge in [0.25, 0.3) is 0 Å². The third-order valence-electron chi connectivity index (χ3n) is 4.35. The van der Waals surface area contributed by atoms with Crippen LogP contribution < -0.4 is 9.47 Å². The number of hydrogen-bond donors (Lipinski definition) is 1. The predicted molar refractivity (Wildman–Crippen MR) is 100 cm³/mol. The second kappa shape index (κ2) is 6.48. The molecule has 1 N–H and O–H groups in total. The van der Waals surface area contributed by atoms with E-state index in [9.17, 15) is 0 Å². The molecule has 0 radical (unpaired) electrons. The van der Waals surface area contributed by atoms with Crippen LogP contribution in [0, 0.1) is 6.92 Å². The highest BCUT2D eigenvalue weighted by Crippen LogP contribution is 2.32. The monoisotopic (exact) mass is 346 g/mol. The van der Waals surface area contributed by atoms with Crippen LogP contribution in [0.3, 0.4) is 0 Å². The van der Waals surface area contributed by atoms with Gasteiger partial charge in [0, 0.05) is 11.1 Å². The molecule has 26 heavy (non-hydrogen) atoms. The minimum atomic E-state index is 0.578. The van der Waals surface area contributed by atoms with E-state index in [-0.39, 0.29) is 0 Å². The molecule has 0 aliphatic rings. The molecular weight excluding hydrogens is 328 g/mol. The van der Waals surface area contributed by atoms with Crippen molar-refractivity contribution in [2.24, 2.45) is 0 Å². The summed E-state index contributed by atoms with van der Waals surface area (Å²) in [5, 5.41) is 7.36. The number of rotatable bonds is 4. The Labute approximate surface area is 150 Å². The molecule has 0 saturated carbocycles. The zero-order valence-corrected chi connectivity index (χ0v) is 14.8. The van der Waals surface area contributed by atoms with Crippen molar-refractivity contribution < 1.29 is 9.47 Å². The molecule has 0 spiro atoms. The van der Waals surface area contributed by atoms with Crippen molar-refractivity contribution in [1.29, 1.82) is 0 Å². The van der Waals surface area contributed by atoms with Crippen molar-refractivity contribution in [3.8, 4) is 34.0 Å². The fourth-order valence-corrected chi connectivity index (χ4v) is 3.01. The molecule has 0 unspecified atom stereocenters. The summed E-state index contributed by atoms with van der Waals surface area (Å²) in [5.74, 6) is 1.57. The Kier molecular flexibility index (Phi) is 4.01. The van der Waals surface area contributed by atoms with Gasteiger partial charge in [-0.05, 0) is 42.8 Å². The molecule has 130 valence electrons. The molecule has 0 amide bonds. The number of ether oxygens (including phenoxy) is 2. The Morgan fingerprint density at radius 2 is 1.81 bits per heavy atom. The second-order valence-corrected chi connectivity index (χ2v) is 5.91. The van der Waals surface area contributed by atoms with Gasteiger partial charge in [-0.3, -0.25) is 5.10 Å². The first-order valence-electron chi connectivity index (χ1n) is 8.21. The first kappa shape index (κ1) is 16.1. The van der Waals surface area contributed by atoms with Crippen LogP contribution >= 0.6 is 0 Å². The molecule has 6 nitrogen and oxygen atoms in total. The Morgan fingerprint density at radius 1 is 0.962 bits per heavy atom. The molecular formula is C20H18N4O2. The summed E-state index contributed by atoms with van der Waals surface area (Å²) in [6, 6.07) is 13.7. The van der Waals surface area contributed by atoms with Crippen molar-refractivity contribution in [1.82, 2.24) is 20.2 Å². The van der Waals surface area contributed by atoms with Crippen molar-refractivity contribution in [2.75, 3.05) is 14.2 Å². The van der Waals surface area contributed by atoms with E-state index < -0.39 is 0 Å². The summed E-state index contributed by atoms with van der Waals surface area (Å²) in [6.07, 6.45) is 1.71. The van der Waals surface area contributed by atoms with Gasteiger partial charge in [-0.25, -0.2) is 9.97 Å². The van der Waals surface area contributed by atoms with E-state index in [2.05, 4.69) is 15.2 Å². The van der Waals surface area contributed by atoms with Gasteiger partial charge in [0.15, 0.2) is 5.65 Å². The fourth-order valence-electron chi connectivity index (χ4n) is 3.01. The lowest BCUT2D eigenvalue weighted by molar-refractivity contribution is 0.414. The van der Waals surface area contributed by atoms with Crippen LogP contribution in [0.1, 0.15) is 5.56 Å². The summed E-state index contributed by atoms with van der Waals surface area (Å²) < 4.78 is 10.7. The van der Waals surface area contributed by atoms with Crippen LogP contribution in [0.5, 0.6) is 11.5 Å². The Balaban J connectivity index is 1.88. The quantitative estimate of drug-likeness (QED) is 0.604. The van der Waals surface area contributed by atoms with Gasteiger partial charge in [0.2, 0.25) is 0 Å². The normalized spacial score (nSPS) is 10.9. The molecule has 2 aromatic heterocycles. The highest BCUT2D eigenvalue weighted by molar-refractivity contribution is 5.90. The summed E-state index contributed by atoms with van der Waals surface area (Å²) in [7, 11) is 3.31. The zero-order valence-electron chi connectivity index (χ0n) is 14.8. The number of methoxy groups -OCH3 is 2. The maximum Gasteiger partial charge on any atom is 0.200 e. The van der Waals surface area contributed by atoms with E-state index in [1.54, 1.807) is 20.4 Å². The molecule has 0 bridgehead atoms. The highest BCUT2D eigenvalue weighted by Gasteiger charge is 2.15. The minimum absolute atomic E-state index is 0.578. The number of hydrogen-bond acceptors (Lipinski definition) is 5. The molecule has 0 atom stereocenters. The first-order valence-corrected chi connectivity index (χ1v) is 8.21. The number of benzene rings is 2. The predicted octanol–water partition coefficient (Wildman–Crippen LogP) is 4.01. The lowest BCUT2D eigenvalue weighted by atomic mass is 10.0. The third kappa shape index (κ3) is 2.65. The van der Waals surface area contributed by atoms with Gasteiger partial charge in [0.05, 0.1) is 31.8 Å². The number of nitrogens with one attached hydrogen (secondary N) is 1. The van der Waals surface area contributed by atoms with Gasteiger partial charge in [0.1, 0.15) is 17.0 Å². The Bertz CT molecular complexity index is 1090. The van der Waals surface area contributed by atoms with Crippen molar-refractivity contribution in [3.05, 3.63) is 54.2 Å². The number of para-hydroxylation sites is 1. The summed E-state index contributed by atoms with van der Waals surface area (Å²) in [6.45, 7) is 2.03. The summed E-state index contributed by atoms with van der Waals surface area (Å²) >= 11 is 0. The number of aryl methyl sites for hydroxylation is 1. The van der Waals surface area contributed by atoms with E-state index in [4.69, 9.17) is 14.5 Å². The van der Waals surface area contributed by atoms with Crippen molar-refractivity contribution in [2.45, 2.75) is 6.92 Å².